The van der Waals surface area contributed by atoms with Crippen molar-refractivity contribution < 1.29 is 19.0 Å². The summed E-state index contributed by atoms with van der Waals surface area (Å²) in [5, 5.41) is 26.1. The Bertz CT molecular complexity index is 3210. The van der Waals surface area contributed by atoms with Crippen LogP contribution < -0.4 is 31.2 Å². The summed E-state index contributed by atoms with van der Waals surface area (Å²) in [5.74, 6) is 0.783. The van der Waals surface area contributed by atoms with Gasteiger partial charge in [0.05, 0.1) is 77.3 Å². The van der Waals surface area contributed by atoms with E-state index in [9.17, 15) is 10.1 Å². The van der Waals surface area contributed by atoms with Gasteiger partial charge in [0.15, 0.2) is 12.0 Å². The van der Waals surface area contributed by atoms with Gasteiger partial charge in [-0.2, -0.15) is 15.5 Å². The maximum Gasteiger partial charge on any atom is 0.248 e. The monoisotopic (exact) mass is 917 g/mol. The van der Waals surface area contributed by atoms with E-state index in [2.05, 4.69) is 31.1 Å². The van der Waals surface area contributed by atoms with E-state index in [0.29, 0.717) is 93.5 Å². The Hall–Kier alpha value is -6.45. The molecule has 3 N–H and O–H groups in total. The van der Waals surface area contributed by atoms with Crippen molar-refractivity contribution >= 4 is 67.1 Å². The molecule has 17 nitrogen and oxygen atoms in total. The van der Waals surface area contributed by atoms with E-state index in [-0.39, 0.29) is 10.7 Å². The number of halogens is 2. The predicted octanol–water partition coefficient (Wildman–Crippen LogP) is 5.47. The van der Waals surface area contributed by atoms with Crippen LogP contribution in [0.25, 0.3) is 49.5 Å². The Morgan fingerprint density at radius 3 is 2.40 bits per heavy atom. The number of allylic oxidation sites excluding steroid dienone is 2. The lowest BCUT2D eigenvalue weighted by Gasteiger charge is -2.26. The number of nitrogens with zero attached hydrogens (tertiary/aromatic N) is 11. The zero-order valence-electron chi connectivity index (χ0n) is 36.9. The van der Waals surface area contributed by atoms with E-state index >= 15 is 0 Å². The Balaban J connectivity index is 1.17. The van der Waals surface area contributed by atoms with Gasteiger partial charge in [0.2, 0.25) is 5.91 Å². The van der Waals surface area contributed by atoms with E-state index < -0.39 is 12.1 Å². The number of fused-ring (bicyclic) bond motifs is 6. The highest BCUT2D eigenvalue weighted by atomic mass is 35.5. The molecule has 0 aliphatic carbocycles. The predicted molar refractivity (Wildman–Crippen MR) is 248 cm³/mol. The zero-order chi connectivity index (χ0) is 45.5. The van der Waals surface area contributed by atoms with Crippen molar-refractivity contribution in [3.05, 3.63) is 92.6 Å². The van der Waals surface area contributed by atoms with Gasteiger partial charge in [-0.05, 0) is 64.4 Å². The normalized spacial score (nSPS) is 15.5. The third kappa shape index (κ3) is 8.16. The molecule has 2 aliphatic rings. The highest BCUT2D eigenvalue weighted by Crippen LogP contribution is 2.39. The summed E-state index contributed by atoms with van der Waals surface area (Å²) in [6.07, 6.45) is 4.33. The van der Waals surface area contributed by atoms with Crippen molar-refractivity contribution in [2.24, 2.45) is 10.7 Å². The number of nitrogens with two attached hydrogens (primary N) is 1. The number of benzene rings is 2. The smallest absolute Gasteiger partial charge is 0.248 e. The van der Waals surface area contributed by atoms with Gasteiger partial charge < -0.3 is 34.4 Å². The van der Waals surface area contributed by atoms with Crippen molar-refractivity contribution in [2.75, 3.05) is 46.6 Å². The number of aromatic nitrogens is 8. The number of aryl methyl sites for hydroxylation is 4. The lowest BCUT2D eigenvalue weighted by molar-refractivity contribution is 0.0358. The molecule has 1 amide bonds. The molecule has 1 saturated heterocycles. The topological polar surface area (TPSA) is 193 Å². The van der Waals surface area contributed by atoms with Crippen LogP contribution in [0.2, 0.25) is 5.15 Å². The number of primary amides is 1. The molecular weight excluding hydrogens is 869 g/mol. The van der Waals surface area contributed by atoms with Gasteiger partial charge in [-0.25, -0.2) is 15.0 Å². The highest BCUT2D eigenvalue weighted by Gasteiger charge is 2.27. The number of carbonyl (C=O) groups is 1. The zero-order valence-corrected chi connectivity index (χ0v) is 38.4. The molecule has 0 saturated carbocycles. The molecule has 5 aromatic heterocycles. The van der Waals surface area contributed by atoms with Crippen molar-refractivity contribution in [3.8, 4) is 29.1 Å². The van der Waals surface area contributed by atoms with Crippen molar-refractivity contribution in [2.45, 2.75) is 66.5 Å². The highest BCUT2D eigenvalue weighted by molar-refractivity contribution is 6.45. The molecule has 0 radical (unpaired) electrons. The van der Waals surface area contributed by atoms with Crippen LogP contribution in [-0.4, -0.2) is 96.0 Å². The molecule has 1 fully saturated rings. The number of amides is 1. The molecule has 2 aromatic carbocycles. The van der Waals surface area contributed by atoms with E-state index in [1.807, 2.05) is 72.0 Å². The van der Waals surface area contributed by atoms with Crippen LogP contribution in [0.3, 0.4) is 0 Å². The molecule has 2 aliphatic heterocycles. The Morgan fingerprint density at radius 1 is 0.954 bits per heavy atom. The number of nitriles is 1. The fraction of sp³-hybridized carbons (Fsp3) is 0.370. The molecule has 7 heterocycles. The molecule has 0 spiro atoms. The minimum Gasteiger partial charge on any atom is -0.495 e. The van der Waals surface area contributed by atoms with Crippen LogP contribution in [0.4, 0.5) is 0 Å². The molecule has 65 heavy (non-hydrogen) atoms. The first-order valence-electron chi connectivity index (χ1n) is 21.7. The van der Waals surface area contributed by atoms with Crippen LogP contribution in [0, 0.1) is 25.2 Å². The van der Waals surface area contributed by atoms with Crippen LogP contribution >= 0.6 is 23.2 Å². The molecule has 0 bridgehead atoms. The molecule has 7 aromatic rings. The quantitative estimate of drug-likeness (QED) is 0.0574. The minimum atomic E-state index is -0.610. The molecule has 1 unspecified atom stereocenters. The van der Waals surface area contributed by atoms with E-state index in [4.69, 9.17) is 58.1 Å². The number of carbonyl (C=O) groups excluding carboxylic acids is 1. The number of methoxy groups -OCH3 is 1. The maximum atomic E-state index is 12.5. The molecule has 19 heteroatoms. The number of ether oxygens (including phenoxy) is 3. The number of hydrogen-bond acceptors (Lipinski definition) is 12. The SMILES string of the molecule is CCn1nc(C)cc1-c1nc(Cl)c2c3cc(C(N)=O)cc(OC)c3n(C/C=C/Cn3c4c(c5cc(C#N)cc(OCCCN6CCOCC6)c53)=C(Cl)NC(c3cc(C)nn3CC)N=4)c2n1. The number of hydrogen-bond donors (Lipinski definition) is 2. The van der Waals surface area contributed by atoms with Crippen molar-refractivity contribution in [1.82, 2.24) is 48.9 Å². The van der Waals surface area contributed by atoms with E-state index in [1.54, 1.807) is 25.3 Å². The van der Waals surface area contributed by atoms with Gasteiger partial charge in [-0.1, -0.05) is 35.4 Å². The summed E-state index contributed by atoms with van der Waals surface area (Å²) >= 11 is 14.3. The van der Waals surface area contributed by atoms with Crippen LogP contribution in [-0.2, 0) is 30.9 Å². The summed E-state index contributed by atoms with van der Waals surface area (Å²) in [6, 6.07) is 13.2. The van der Waals surface area contributed by atoms with Crippen LogP contribution in [0.1, 0.15) is 59.4 Å². The number of rotatable bonds is 15. The molecule has 336 valence electrons. The van der Waals surface area contributed by atoms with Crippen molar-refractivity contribution in [1.29, 1.82) is 5.26 Å². The third-order valence-corrected chi connectivity index (χ3v) is 12.4. The first-order chi connectivity index (χ1) is 31.5. The lowest BCUT2D eigenvalue weighted by atomic mass is 10.1. The summed E-state index contributed by atoms with van der Waals surface area (Å²) in [6.45, 7) is 14.4. The second-order valence-electron chi connectivity index (χ2n) is 16.0. The van der Waals surface area contributed by atoms with Gasteiger partial charge in [0, 0.05) is 68.2 Å². The second kappa shape index (κ2) is 18.2. The Labute approximate surface area is 384 Å². The average Bonchev–Trinajstić information content (AvgIpc) is 4.06. The Morgan fingerprint density at radius 2 is 1.68 bits per heavy atom. The second-order valence-corrected chi connectivity index (χ2v) is 16.7. The third-order valence-electron chi connectivity index (χ3n) is 11.8. The maximum absolute atomic E-state index is 12.5. The molecule has 1 atom stereocenters. The van der Waals surface area contributed by atoms with Gasteiger partial charge in [0.1, 0.15) is 38.6 Å². The Kier molecular flexibility index (Phi) is 12.3. The van der Waals surface area contributed by atoms with Crippen LogP contribution in [0.5, 0.6) is 11.5 Å². The van der Waals surface area contributed by atoms with Crippen LogP contribution in [0.15, 0.2) is 53.5 Å². The summed E-state index contributed by atoms with van der Waals surface area (Å²) < 4.78 is 25.8. The summed E-state index contributed by atoms with van der Waals surface area (Å²) in [4.78, 5) is 30.0. The fourth-order valence-electron chi connectivity index (χ4n) is 8.91. The summed E-state index contributed by atoms with van der Waals surface area (Å²) in [7, 11) is 1.54. The first kappa shape index (κ1) is 43.8. The standard InChI is InChI=1S/C46H49Cl2N13O4/c1-6-60-32(19-26(3)55-60)43-51-40(47)36-30-21-28(25-49)22-35(65-16-10-11-57-14-17-64-18-15-57)39(30)59(45(36)53-43)13-9-8-12-58-38-31(23-29(42(50)62)24-34(38)63-5)37-41(48)52-44(54-46(37)58)33-20-27(4)56-61(33)7-2/h8-9,19-24,43,51H,6-7,10-18H2,1-5H3,(H2,50,62)/b9-8+. The van der Waals surface area contributed by atoms with Gasteiger partial charge in [-0.15, -0.1) is 0 Å². The fourth-order valence-corrected chi connectivity index (χ4v) is 9.47. The minimum absolute atomic E-state index is 0.208. The number of morpholine rings is 1. The first-order valence-corrected chi connectivity index (χ1v) is 22.4. The average molecular weight is 919 g/mol. The summed E-state index contributed by atoms with van der Waals surface area (Å²) in [5.41, 5.74) is 12.4. The lowest BCUT2D eigenvalue weighted by Crippen LogP contribution is -2.40. The molecular formula is C46H49Cl2N13O4. The van der Waals surface area contributed by atoms with E-state index in [0.717, 1.165) is 72.9 Å². The van der Waals surface area contributed by atoms with Gasteiger partial charge in [-0.3, -0.25) is 19.1 Å². The number of nitrogens with one attached hydrogen (secondary N) is 1. The van der Waals surface area contributed by atoms with Gasteiger partial charge in [0.25, 0.3) is 0 Å². The largest absolute Gasteiger partial charge is 0.495 e. The molecule has 9 rings (SSSR count). The van der Waals surface area contributed by atoms with Gasteiger partial charge >= 0.3 is 0 Å². The van der Waals surface area contributed by atoms with E-state index in [1.165, 1.54) is 0 Å². The van der Waals surface area contributed by atoms with Crippen molar-refractivity contribution in [3.63, 3.8) is 0 Å².